The topological polar surface area (TPSA) is 43.4 Å². The molecule has 3 nitrogen and oxygen atoms in total. The molecule has 0 saturated carbocycles. The highest BCUT2D eigenvalue weighted by atomic mass is 35.5. The van der Waals surface area contributed by atoms with Crippen LogP contribution in [0, 0.1) is 5.82 Å². The fraction of sp³-hybridized carbons (Fsp3) is 0. The number of ether oxygens (including phenoxy) is 1. The summed E-state index contributed by atoms with van der Waals surface area (Å²) >= 11 is 10.8. The number of rotatable bonds is 4. The van der Waals surface area contributed by atoms with Gasteiger partial charge in [-0.15, -0.1) is 0 Å². The van der Waals surface area contributed by atoms with E-state index in [0.717, 1.165) is 0 Å². The Balaban J connectivity index is 2.41. The summed E-state index contributed by atoms with van der Waals surface area (Å²) in [6, 6.07) is 9.17. The molecule has 102 valence electrons. The number of carbonyl (C=O) groups excluding carboxylic acids is 2. The van der Waals surface area contributed by atoms with E-state index in [-0.39, 0.29) is 16.9 Å². The normalized spacial score (nSPS) is 10.2. The summed E-state index contributed by atoms with van der Waals surface area (Å²) in [5.41, 5.74) is 0.239. The molecule has 0 heterocycles. The Bertz CT molecular complexity index is 669. The molecule has 0 atom stereocenters. The maximum atomic E-state index is 12.8. The van der Waals surface area contributed by atoms with Gasteiger partial charge in [0.05, 0.1) is 5.56 Å². The van der Waals surface area contributed by atoms with E-state index in [1.54, 1.807) is 0 Å². The number of benzene rings is 2. The zero-order chi connectivity index (χ0) is 14.7. The molecule has 0 amide bonds. The van der Waals surface area contributed by atoms with Crippen molar-refractivity contribution in [1.29, 1.82) is 0 Å². The van der Waals surface area contributed by atoms with Crippen molar-refractivity contribution >= 4 is 33.7 Å². The first-order chi connectivity index (χ1) is 9.47. The molecular weight excluding hydrogens is 306 g/mol. The molecule has 2 aromatic carbocycles. The first kappa shape index (κ1) is 14.5. The lowest BCUT2D eigenvalue weighted by molar-refractivity contribution is 0.106. The van der Waals surface area contributed by atoms with E-state index in [2.05, 4.69) is 0 Å². The van der Waals surface area contributed by atoms with Crippen molar-refractivity contribution in [3.8, 4) is 11.5 Å². The second kappa shape index (κ2) is 6.03. The van der Waals surface area contributed by atoms with Gasteiger partial charge >= 0.3 is 0 Å². The molecule has 2 aromatic rings. The minimum Gasteiger partial charge on any atom is -0.457 e. The number of halogens is 3. The molecule has 20 heavy (non-hydrogen) atoms. The van der Waals surface area contributed by atoms with Crippen LogP contribution in [0.25, 0.3) is 0 Å². The Morgan fingerprint density at radius 3 is 2.15 bits per heavy atom. The zero-order valence-electron chi connectivity index (χ0n) is 9.90. The average molecular weight is 313 g/mol. The molecular formula is C14H7Cl2FO3. The fourth-order valence-electron chi connectivity index (χ4n) is 1.52. The monoisotopic (exact) mass is 312 g/mol. The lowest BCUT2D eigenvalue weighted by Crippen LogP contribution is -1.98. The van der Waals surface area contributed by atoms with Crippen LogP contribution in [0.3, 0.4) is 0 Å². The predicted octanol–water partition coefficient (Wildman–Crippen LogP) is 4.38. The fourth-order valence-corrected chi connectivity index (χ4v) is 1.79. The van der Waals surface area contributed by atoms with Gasteiger partial charge in [-0.2, -0.15) is 0 Å². The molecule has 0 aromatic heterocycles. The Labute approximate surface area is 123 Å². The minimum atomic E-state index is -0.740. The average Bonchev–Trinajstić information content (AvgIpc) is 2.41. The van der Waals surface area contributed by atoms with Crippen molar-refractivity contribution in [2.45, 2.75) is 0 Å². The van der Waals surface area contributed by atoms with Crippen LogP contribution >= 0.6 is 23.2 Å². The van der Waals surface area contributed by atoms with Crippen LogP contribution in [0.1, 0.15) is 20.7 Å². The smallest absolute Gasteiger partial charge is 0.256 e. The van der Waals surface area contributed by atoms with Crippen LogP contribution in [0.5, 0.6) is 11.5 Å². The lowest BCUT2D eigenvalue weighted by Gasteiger charge is -2.09. The summed E-state index contributed by atoms with van der Waals surface area (Å²) in [5.74, 6) is -0.0523. The van der Waals surface area contributed by atoms with Gasteiger partial charge in [0.15, 0.2) is 0 Å². The summed E-state index contributed by atoms with van der Waals surface area (Å²) in [5, 5.41) is -1.43. The van der Waals surface area contributed by atoms with Crippen LogP contribution < -0.4 is 4.74 Å². The van der Waals surface area contributed by atoms with E-state index in [0.29, 0.717) is 5.75 Å². The van der Waals surface area contributed by atoms with Crippen molar-refractivity contribution in [2.75, 3.05) is 0 Å². The van der Waals surface area contributed by atoms with Gasteiger partial charge < -0.3 is 4.74 Å². The van der Waals surface area contributed by atoms with Gasteiger partial charge in [0, 0.05) is 5.56 Å². The molecule has 0 saturated heterocycles. The van der Waals surface area contributed by atoms with E-state index < -0.39 is 16.3 Å². The van der Waals surface area contributed by atoms with E-state index >= 15 is 0 Å². The van der Waals surface area contributed by atoms with E-state index in [1.165, 1.54) is 42.5 Å². The number of carbonyl (C=O) groups is 2. The largest absolute Gasteiger partial charge is 0.457 e. The third kappa shape index (κ3) is 3.35. The standard InChI is InChI=1S/C14H7Cl2FO3/c15-13(18)8-1-6-11(14(16)19)12(7-8)20-10-4-2-9(17)3-5-10/h1-7H. The van der Waals surface area contributed by atoms with Crippen LogP contribution in [0.2, 0.25) is 0 Å². The summed E-state index contributed by atoms with van der Waals surface area (Å²) in [6.07, 6.45) is 0. The Hall–Kier alpha value is -1.91. The van der Waals surface area contributed by atoms with Gasteiger partial charge in [0.1, 0.15) is 17.3 Å². The van der Waals surface area contributed by atoms with Gasteiger partial charge in [0.2, 0.25) is 0 Å². The van der Waals surface area contributed by atoms with Crippen LogP contribution in [-0.2, 0) is 0 Å². The Kier molecular flexibility index (Phi) is 4.37. The van der Waals surface area contributed by atoms with E-state index in [4.69, 9.17) is 27.9 Å². The first-order valence-corrected chi connectivity index (χ1v) is 6.20. The highest BCUT2D eigenvalue weighted by Gasteiger charge is 2.14. The third-order valence-electron chi connectivity index (χ3n) is 2.46. The van der Waals surface area contributed by atoms with Gasteiger partial charge in [0.25, 0.3) is 10.5 Å². The van der Waals surface area contributed by atoms with Crippen molar-refractivity contribution in [1.82, 2.24) is 0 Å². The predicted molar refractivity (Wildman–Crippen MR) is 73.3 cm³/mol. The van der Waals surface area contributed by atoms with Crippen LogP contribution in [-0.4, -0.2) is 10.5 Å². The molecule has 0 aliphatic heterocycles. The third-order valence-corrected chi connectivity index (χ3v) is 2.88. The molecule has 0 N–H and O–H groups in total. The van der Waals surface area contributed by atoms with Crippen LogP contribution in [0.15, 0.2) is 42.5 Å². The van der Waals surface area contributed by atoms with E-state index in [9.17, 15) is 14.0 Å². The molecule has 0 unspecified atom stereocenters. The molecule has 0 spiro atoms. The summed E-state index contributed by atoms with van der Waals surface area (Å²) < 4.78 is 18.2. The maximum Gasteiger partial charge on any atom is 0.256 e. The molecule has 0 bridgehead atoms. The van der Waals surface area contributed by atoms with Gasteiger partial charge in [-0.1, -0.05) is 0 Å². The molecule has 0 radical (unpaired) electrons. The molecule has 6 heteroatoms. The Morgan fingerprint density at radius 2 is 1.60 bits per heavy atom. The van der Waals surface area contributed by atoms with E-state index in [1.807, 2.05) is 0 Å². The Morgan fingerprint density at radius 1 is 0.950 bits per heavy atom. The first-order valence-electron chi connectivity index (χ1n) is 5.44. The maximum absolute atomic E-state index is 12.8. The van der Waals surface area contributed by atoms with Crippen molar-refractivity contribution in [3.05, 3.63) is 59.4 Å². The highest BCUT2D eigenvalue weighted by Crippen LogP contribution is 2.28. The van der Waals surface area contributed by atoms with Gasteiger partial charge in [-0.25, -0.2) is 4.39 Å². The van der Waals surface area contributed by atoms with Crippen molar-refractivity contribution in [2.24, 2.45) is 0 Å². The van der Waals surface area contributed by atoms with Gasteiger partial charge in [-0.3, -0.25) is 9.59 Å². The van der Waals surface area contributed by atoms with Crippen LogP contribution in [0.4, 0.5) is 4.39 Å². The number of hydrogen-bond donors (Lipinski definition) is 0. The highest BCUT2D eigenvalue weighted by molar-refractivity contribution is 6.68. The minimum absolute atomic E-state index is 0.0723. The zero-order valence-corrected chi connectivity index (χ0v) is 11.4. The lowest BCUT2D eigenvalue weighted by atomic mass is 10.1. The molecule has 2 rings (SSSR count). The van der Waals surface area contributed by atoms with Crippen molar-refractivity contribution in [3.63, 3.8) is 0 Å². The second-order valence-electron chi connectivity index (χ2n) is 3.81. The summed E-state index contributed by atoms with van der Waals surface area (Å²) in [4.78, 5) is 22.4. The molecule has 0 aliphatic carbocycles. The summed E-state index contributed by atoms with van der Waals surface area (Å²) in [6.45, 7) is 0. The van der Waals surface area contributed by atoms with Crippen molar-refractivity contribution < 1.29 is 18.7 Å². The molecule has 0 fully saturated rings. The quantitative estimate of drug-likeness (QED) is 0.787. The molecule has 0 aliphatic rings. The summed E-state index contributed by atoms with van der Waals surface area (Å²) in [7, 11) is 0. The SMILES string of the molecule is O=C(Cl)c1ccc(C(=O)Cl)c(Oc2ccc(F)cc2)c1. The second-order valence-corrected chi connectivity index (χ2v) is 4.50. The number of hydrogen-bond acceptors (Lipinski definition) is 3. The van der Waals surface area contributed by atoms with Gasteiger partial charge in [-0.05, 0) is 65.7 Å².